The molecule has 0 atom stereocenters. The van der Waals surface area contributed by atoms with Crippen molar-refractivity contribution in [2.24, 2.45) is 0 Å². The molecule has 0 saturated carbocycles. The van der Waals surface area contributed by atoms with Crippen LogP contribution in [-0.2, 0) is 4.74 Å². The van der Waals surface area contributed by atoms with Crippen LogP contribution < -0.4 is 4.90 Å². The number of esters is 1. The van der Waals surface area contributed by atoms with Crippen molar-refractivity contribution >= 4 is 40.3 Å². The van der Waals surface area contributed by atoms with E-state index >= 15 is 0 Å². The fourth-order valence-corrected chi connectivity index (χ4v) is 3.51. The molecule has 1 aliphatic heterocycles. The largest absolute Gasteiger partial charge is 0.456 e. The van der Waals surface area contributed by atoms with Crippen LogP contribution in [0, 0.1) is 3.57 Å². The summed E-state index contributed by atoms with van der Waals surface area (Å²) < 4.78 is 6.37. The first kappa shape index (κ1) is 14.1. The summed E-state index contributed by atoms with van der Waals surface area (Å²) >= 11 is 4.20. The van der Waals surface area contributed by atoms with Crippen molar-refractivity contribution in [1.82, 2.24) is 0 Å². The summed E-state index contributed by atoms with van der Waals surface area (Å²) in [5.74, 6) is 2.24. The standard InChI is InChI=1S/C13H16INO2S/c14-12-3-1-2-11(10-12)13(16)17-7-4-15-5-8-18-9-6-15/h1-3,10H,4-9H2/p+1. The lowest BCUT2D eigenvalue weighted by molar-refractivity contribution is -0.896. The van der Waals surface area contributed by atoms with Crippen molar-refractivity contribution < 1.29 is 14.4 Å². The number of thioether (sulfide) groups is 1. The Morgan fingerprint density at radius 2 is 2.17 bits per heavy atom. The molecule has 3 nitrogen and oxygen atoms in total. The average Bonchev–Trinajstić information content (AvgIpc) is 2.40. The molecule has 1 N–H and O–H groups in total. The number of hydrogen-bond donors (Lipinski definition) is 1. The van der Waals surface area contributed by atoms with Gasteiger partial charge in [0.15, 0.2) is 0 Å². The third-order valence-corrected chi connectivity index (χ3v) is 4.61. The van der Waals surface area contributed by atoms with Crippen LogP contribution in [0.5, 0.6) is 0 Å². The fourth-order valence-electron chi connectivity index (χ4n) is 1.90. The van der Waals surface area contributed by atoms with Gasteiger partial charge in [-0.3, -0.25) is 0 Å². The lowest BCUT2D eigenvalue weighted by Crippen LogP contribution is -3.14. The van der Waals surface area contributed by atoms with Gasteiger partial charge in [-0.2, -0.15) is 11.8 Å². The van der Waals surface area contributed by atoms with Gasteiger partial charge < -0.3 is 9.64 Å². The number of nitrogens with one attached hydrogen (secondary N) is 1. The van der Waals surface area contributed by atoms with E-state index in [0.717, 1.165) is 10.1 Å². The average molecular weight is 378 g/mol. The molecule has 1 fully saturated rings. The molecule has 1 saturated heterocycles. The molecule has 0 radical (unpaired) electrons. The molecule has 2 rings (SSSR count). The maximum absolute atomic E-state index is 11.8. The first-order valence-corrected chi connectivity index (χ1v) is 8.33. The summed E-state index contributed by atoms with van der Waals surface area (Å²) in [5.41, 5.74) is 0.645. The van der Waals surface area contributed by atoms with Crippen LogP contribution in [-0.4, -0.2) is 43.7 Å². The van der Waals surface area contributed by atoms with Crippen LogP contribution in [0.2, 0.25) is 0 Å². The zero-order chi connectivity index (χ0) is 12.8. The van der Waals surface area contributed by atoms with E-state index < -0.39 is 0 Å². The third-order valence-electron chi connectivity index (χ3n) is 2.95. The fraction of sp³-hybridized carbons (Fsp3) is 0.462. The Bertz CT molecular complexity index is 408. The van der Waals surface area contributed by atoms with E-state index in [9.17, 15) is 4.79 Å². The number of benzene rings is 1. The molecule has 0 amide bonds. The number of quaternary nitrogens is 1. The van der Waals surface area contributed by atoms with E-state index in [1.165, 1.54) is 24.6 Å². The molecule has 5 heteroatoms. The van der Waals surface area contributed by atoms with Crippen LogP contribution in [0.1, 0.15) is 10.4 Å². The smallest absolute Gasteiger partial charge is 0.338 e. The topological polar surface area (TPSA) is 30.7 Å². The Morgan fingerprint density at radius 3 is 2.89 bits per heavy atom. The zero-order valence-corrected chi connectivity index (χ0v) is 13.1. The highest BCUT2D eigenvalue weighted by Gasteiger charge is 2.14. The summed E-state index contributed by atoms with van der Waals surface area (Å²) in [4.78, 5) is 13.3. The second kappa shape index (κ2) is 7.35. The van der Waals surface area contributed by atoms with Crippen molar-refractivity contribution in [3.05, 3.63) is 33.4 Å². The van der Waals surface area contributed by atoms with Gasteiger partial charge in [-0.1, -0.05) is 6.07 Å². The molecule has 1 aliphatic rings. The highest BCUT2D eigenvalue weighted by molar-refractivity contribution is 14.1. The Balaban J connectivity index is 1.74. The maximum atomic E-state index is 11.8. The maximum Gasteiger partial charge on any atom is 0.338 e. The van der Waals surface area contributed by atoms with E-state index in [4.69, 9.17) is 4.74 Å². The highest BCUT2D eigenvalue weighted by Crippen LogP contribution is 2.08. The van der Waals surface area contributed by atoms with E-state index in [0.29, 0.717) is 12.2 Å². The molecule has 0 spiro atoms. The van der Waals surface area contributed by atoms with Crippen LogP contribution >= 0.6 is 34.4 Å². The molecule has 1 heterocycles. The Morgan fingerprint density at radius 1 is 1.39 bits per heavy atom. The van der Waals surface area contributed by atoms with Gasteiger partial charge >= 0.3 is 5.97 Å². The summed E-state index contributed by atoms with van der Waals surface area (Å²) in [6.45, 7) is 3.82. The zero-order valence-electron chi connectivity index (χ0n) is 10.2. The first-order chi connectivity index (χ1) is 8.75. The van der Waals surface area contributed by atoms with Crippen LogP contribution in [0.25, 0.3) is 0 Å². The number of hydrogen-bond acceptors (Lipinski definition) is 3. The Hall–Kier alpha value is -0.270. The van der Waals surface area contributed by atoms with E-state index in [2.05, 4.69) is 22.6 Å². The van der Waals surface area contributed by atoms with Crippen LogP contribution in [0.3, 0.4) is 0 Å². The number of halogens is 1. The summed E-state index contributed by atoms with van der Waals surface area (Å²) in [6.07, 6.45) is 0. The van der Waals surface area contributed by atoms with Gasteiger partial charge in [0.05, 0.1) is 18.7 Å². The molecule has 0 aromatic heterocycles. The van der Waals surface area contributed by atoms with Gasteiger partial charge in [-0.25, -0.2) is 4.79 Å². The number of carbonyl (C=O) groups is 1. The predicted molar refractivity (Wildman–Crippen MR) is 82.3 cm³/mol. The van der Waals surface area contributed by atoms with Crippen molar-refractivity contribution in [2.75, 3.05) is 37.7 Å². The van der Waals surface area contributed by atoms with Crippen LogP contribution in [0.15, 0.2) is 24.3 Å². The second-order valence-electron chi connectivity index (χ2n) is 4.26. The number of carbonyl (C=O) groups excluding carboxylic acids is 1. The lowest BCUT2D eigenvalue weighted by Gasteiger charge is -2.22. The molecule has 0 bridgehead atoms. The molecule has 18 heavy (non-hydrogen) atoms. The van der Waals surface area contributed by atoms with Gasteiger partial charge in [0.25, 0.3) is 0 Å². The SMILES string of the molecule is O=C(OCC[NH+]1CCSCC1)c1cccc(I)c1. The molecule has 0 unspecified atom stereocenters. The molecule has 98 valence electrons. The molecule has 0 aliphatic carbocycles. The monoisotopic (exact) mass is 378 g/mol. The van der Waals surface area contributed by atoms with Gasteiger partial charge in [0.2, 0.25) is 0 Å². The number of rotatable bonds is 4. The molecule has 1 aromatic carbocycles. The molecule has 1 aromatic rings. The predicted octanol–water partition coefficient (Wildman–Crippen LogP) is 1.08. The van der Waals surface area contributed by atoms with E-state index in [1.54, 1.807) is 11.0 Å². The number of ether oxygens (including phenoxy) is 1. The minimum atomic E-state index is -0.209. The van der Waals surface area contributed by atoms with Crippen LogP contribution in [0.4, 0.5) is 0 Å². The summed E-state index contributed by atoms with van der Waals surface area (Å²) in [7, 11) is 0. The van der Waals surface area contributed by atoms with Gasteiger partial charge in [0.1, 0.15) is 13.2 Å². The van der Waals surface area contributed by atoms with Crippen molar-refractivity contribution in [2.45, 2.75) is 0 Å². The normalized spacial score (nSPS) is 16.5. The van der Waals surface area contributed by atoms with Crippen molar-refractivity contribution in [3.8, 4) is 0 Å². The summed E-state index contributed by atoms with van der Waals surface area (Å²) in [5, 5.41) is 0. The third kappa shape index (κ3) is 4.44. The van der Waals surface area contributed by atoms with E-state index in [-0.39, 0.29) is 5.97 Å². The first-order valence-electron chi connectivity index (χ1n) is 6.10. The molecular weight excluding hydrogens is 361 g/mol. The van der Waals surface area contributed by atoms with Gasteiger partial charge in [-0.05, 0) is 40.8 Å². The van der Waals surface area contributed by atoms with Gasteiger partial charge in [0, 0.05) is 15.1 Å². The highest BCUT2D eigenvalue weighted by atomic mass is 127. The van der Waals surface area contributed by atoms with E-state index in [1.807, 2.05) is 30.0 Å². The minimum Gasteiger partial charge on any atom is -0.456 e. The van der Waals surface area contributed by atoms with Gasteiger partial charge in [-0.15, -0.1) is 0 Å². The van der Waals surface area contributed by atoms with Crippen molar-refractivity contribution in [1.29, 1.82) is 0 Å². The summed E-state index contributed by atoms with van der Waals surface area (Å²) in [6, 6.07) is 7.50. The Kier molecular flexibility index (Phi) is 5.78. The second-order valence-corrected chi connectivity index (χ2v) is 6.73. The quantitative estimate of drug-likeness (QED) is 0.629. The minimum absolute atomic E-state index is 0.209. The lowest BCUT2D eigenvalue weighted by atomic mass is 10.2. The Labute approximate surface area is 125 Å². The van der Waals surface area contributed by atoms with Crippen molar-refractivity contribution in [3.63, 3.8) is 0 Å². The molecular formula is C13H17INO2S+.